The summed E-state index contributed by atoms with van der Waals surface area (Å²) in [6, 6.07) is 27.6. The summed E-state index contributed by atoms with van der Waals surface area (Å²) in [4.78, 5) is 13.2. The summed E-state index contributed by atoms with van der Waals surface area (Å²) in [5.74, 6) is 0.194. The van der Waals surface area contributed by atoms with Crippen molar-refractivity contribution in [2.75, 3.05) is 6.61 Å². The number of hydrogen-bond acceptors (Lipinski definition) is 4. The summed E-state index contributed by atoms with van der Waals surface area (Å²) in [6.45, 7) is 6.59. The van der Waals surface area contributed by atoms with Crippen LogP contribution in [0.2, 0.25) is 0 Å². The van der Waals surface area contributed by atoms with Gasteiger partial charge in [-0.2, -0.15) is 5.10 Å². The van der Waals surface area contributed by atoms with E-state index >= 15 is 0 Å². The average Bonchev–Trinajstić information content (AvgIpc) is 3.17. The Hall–Kier alpha value is -4.16. The highest BCUT2D eigenvalue weighted by molar-refractivity contribution is 5.91. The second-order valence-electron chi connectivity index (χ2n) is 8.23. The van der Waals surface area contributed by atoms with Gasteiger partial charge in [-0.05, 0) is 62.2 Å². The summed E-state index contributed by atoms with van der Waals surface area (Å²) in [7, 11) is 0. The number of carbonyl (C=O) groups excluding carboxylic acids is 1. The van der Waals surface area contributed by atoms with Crippen LogP contribution in [0.3, 0.4) is 0 Å². The molecule has 1 heterocycles. The van der Waals surface area contributed by atoms with E-state index in [4.69, 9.17) is 4.74 Å². The van der Waals surface area contributed by atoms with Crippen LogP contribution >= 0.6 is 0 Å². The molecule has 0 aliphatic rings. The minimum Gasteiger partial charge on any atom is -0.494 e. The molecular formula is C29H29N3O3. The van der Waals surface area contributed by atoms with Crippen molar-refractivity contribution in [3.05, 3.63) is 119 Å². The molecule has 2 N–H and O–H groups in total. The smallest absolute Gasteiger partial charge is 0.281 e. The van der Waals surface area contributed by atoms with Crippen LogP contribution in [-0.4, -0.2) is 28.4 Å². The first-order chi connectivity index (χ1) is 16.9. The second-order valence-corrected chi connectivity index (χ2v) is 8.23. The van der Waals surface area contributed by atoms with Crippen LogP contribution in [0.1, 0.15) is 35.0 Å². The van der Waals surface area contributed by atoms with Crippen LogP contribution in [-0.2, 0) is 10.4 Å². The standard InChI is InChI=1S/C29H29N3O3/c1-4-35-27-17-15-26(16-18-27)32-21(2)19-23(22(32)3)20-30-31-28(33)29(34,24-11-7-5-8-12-24)25-13-9-6-10-14-25/h5-20,34H,4H2,1-3H3,(H,31,33)/b30-20+. The molecule has 0 saturated carbocycles. The highest BCUT2D eigenvalue weighted by Gasteiger charge is 2.39. The molecule has 4 rings (SSSR count). The minimum absolute atomic E-state index is 0.465. The number of nitrogens with zero attached hydrogens (tertiary/aromatic N) is 2. The first kappa shape index (κ1) is 24.0. The highest BCUT2D eigenvalue weighted by atomic mass is 16.5. The second kappa shape index (κ2) is 10.4. The molecule has 0 unspecified atom stereocenters. The molecule has 35 heavy (non-hydrogen) atoms. The third-order valence-electron chi connectivity index (χ3n) is 5.96. The molecule has 6 nitrogen and oxygen atoms in total. The van der Waals surface area contributed by atoms with Gasteiger partial charge in [-0.25, -0.2) is 5.43 Å². The normalized spacial score (nSPS) is 11.5. The van der Waals surface area contributed by atoms with Gasteiger partial charge in [0.25, 0.3) is 5.91 Å². The van der Waals surface area contributed by atoms with Gasteiger partial charge in [0.2, 0.25) is 0 Å². The number of aliphatic hydroxyl groups is 1. The number of rotatable bonds is 8. The summed E-state index contributed by atoms with van der Waals surface area (Å²) in [5.41, 5.74) is 5.47. The molecule has 0 aliphatic heterocycles. The van der Waals surface area contributed by atoms with E-state index in [-0.39, 0.29) is 0 Å². The maximum absolute atomic E-state index is 13.2. The fourth-order valence-corrected chi connectivity index (χ4v) is 4.20. The zero-order chi connectivity index (χ0) is 24.8. The number of ether oxygens (including phenoxy) is 1. The molecule has 0 fully saturated rings. The van der Waals surface area contributed by atoms with Gasteiger partial charge in [0.1, 0.15) is 5.75 Å². The molecule has 0 radical (unpaired) electrons. The molecule has 6 heteroatoms. The van der Waals surface area contributed by atoms with Crippen LogP contribution < -0.4 is 10.2 Å². The molecule has 4 aromatic rings. The zero-order valence-electron chi connectivity index (χ0n) is 20.1. The van der Waals surface area contributed by atoms with Crippen molar-refractivity contribution in [1.82, 2.24) is 9.99 Å². The zero-order valence-corrected chi connectivity index (χ0v) is 20.1. The summed E-state index contributed by atoms with van der Waals surface area (Å²) < 4.78 is 7.65. The number of aryl methyl sites for hydroxylation is 1. The first-order valence-electron chi connectivity index (χ1n) is 11.5. The van der Waals surface area contributed by atoms with Crippen LogP contribution in [0.5, 0.6) is 5.75 Å². The Kier molecular flexibility index (Phi) is 7.13. The van der Waals surface area contributed by atoms with E-state index in [1.165, 1.54) is 0 Å². The van der Waals surface area contributed by atoms with E-state index in [0.29, 0.717) is 17.7 Å². The van der Waals surface area contributed by atoms with Crippen molar-refractivity contribution >= 4 is 12.1 Å². The van der Waals surface area contributed by atoms with Gasteiger partial charge in [-0.3, -0.25) is 4.79 Å². The number of carbonyl (C=O) groups is 1. The number of nitrogens with one attached hydrogen (secondary N) is 1. The summed E-state index contributed by atoms with van der Waals surface area (Å²) >= 11 is 0. The summed E-state index contributed by atoms with van der Waals surface area (Å²) in [5, 5.41) is 15.7. The maximum atomic E-state index is 13.2. The first-order valence-corrected chi connectivity index (χ1v) is 11.5. The Bertz CT molecular complexity index is 1270. The predicted molar refractivity (Wildman–Crippen MR) is 138 cm³/mol. The van der Waals surface area contributed by atoms with Crippen molar-refractivity contribution in [3.63, 3.8) is 0 Å². The number of aromatic nitrogens is 1. The lowest BCUT2D eigenvalue weighted by Crippen LogP contribution is -2.43. The highest BCUT2D eigenvalue weighted by Crippen LogP contribution is 2.30. The van der Waals surface area contributed by atoms with Gasteiger partial charge < -0.3 is 14.4 Å². The largest absolute Gasteiger partial charge is 0.494 e. The molecule has 0 bridgehead atoms. The van der Waals surface area contributed by atoms with Crippen molar-refractivity contribution < 1.29 is 14.6 Å². The Labute approximate surface area is 205 Å². The third-order valence-corrected chi connectivity index (χ3v) is 5.96. The van der Waals surface area contributed by atoms with Gasteiger partial charge in [-0.1, -0.05) is 60.7 Å². The van der Waals surface area contributed by atoms with Crippen molar-refractivity contribution in [2.24, 2.45) is 5.10 Å². The van der Waals surface area contributed by atoms with E-state index in [0.717, 1.165) is 28.4 Å². The lowest BCUT2D eigenvalue weighted by atomic mass is 9.85. The van der Waals surface area contributed by atoms with Crippen molar-refractivity contribution in [3.8, 4) is 11.4 Å². The molecule has 178 valence electrons. The van der Waals surface area contributed by atoms with Gasteiger partial charge in [0.15, 0.2) is 5.60 Å². The van der Waals surface area contributed by atoms with E-state index in [2.05, 4.69) is 15.1 Å². The molecule has 0 saturated heterocycles. The third kappa shape index (κ3) is 4.88. The van der Waals surface area contributed by atoms with Gasteiger partial charge >= 0.3 is 0 Å². The fraction of sp³-hybridized carbons (Fsp3) is 0.172. The number of benzene rings is 3. The van der Waals surface area contributed by atoms with E-state index in [1.807, 2.05) is 63.2 Å². The number of amides is 1. The Balaban J connectivity index is 1.58. The molecule has 1 amide bonds. The Morgan fingerprint density at radius 3 is 2.09 bits per heavy atom. The maximum Gasteiger partial charge on any atom is 0.281 e. The van der Waals surface area contributed by atoms with E-state index < -0.39 is 11.5 Å². The van der Waals surface area contributed by atoms with E-state index in [1.54, 1.807) is 54.7 Å². The van der Waals surface area contributed by atoms with E-state index in [9.17, 15) is 9.90 Å². The molecule has 0 spiro atoms. The van der Waals surface area contributed by atoms with Crippen molar-refractivity contribution in [2.45, 2.75) is 26.4 Å². The van der Waals surface area contributed by atoms with Crippen LogP contribution in [0.15, 0.2) is 96.1 Å². The van der Waals surface area contributed by atoms with Gasteiger partial charge in [0.05, 0.1) is 12.8 Å². The number of hydrogen-bond donors (Lipinski definition) is 2. The topological polar surface area (TPSA) is 75.8 Å². The average molecular weight is 468 g/mol. The Morgan fingerprint density at radius 2 is 1.54 bits per heavy atom. The molecular weight excluding hydrogens is 438 g/mol. The predicted octanol–water partition coefficient (Wildman–Crippen LogP) is 4.88. The van der Waals surface area contributed by atoms with Crippen LogP contribution in [0.25, 0.3) is 5.69 Å². The summed E-state index contributed by atoms with van der Waals surface area (Å²) in [6.07, 6.45) is 1.60. The molecule has 0 atom stereocenters. The molecule has 1 aromatic heterocycles. The van der Waals surface area contributed by atoms with Crippen LogP contribution in [0.4, 0.5) is 0 Å². The Morgan fingerprint density at radius 1 is 0.971 bits per heavy atom. The molecule has 3 aromatic carbocycles. The lowest BCUT2D eigenvalue weighted by Gasteiger charge is -2.27. The van der Waals surface area contributed by atoms with Gasteiger partial charge in [-0.15, -0.1) is 0 Å². The van der Waals surface area contributed by atoms with Gasteiger partial charge in [0, 0.05) is 22.6 Å². The molecule has 0 aliphatic carbocycles. The monoisotopic (exact) mass is 467 g/mol. The van der Waals surface area contributed by atoms with Crippen molar-refractivity contribution in [1.29, 1.82) is 0 Å². The fourth-order valence-electron chi connectivity index (χ4n) is 4.20. The quantitative estimate of drug-likeness (QED) is 0.287. The minimum atomic E-state index is -1.88. The SMILES string of the molecule is CCOc1ccc(-n2c(C)cc(/C=N/NC(=O)C(O)(c3ccccc3)c3ccccc3)c2C)cc1. The number of hydrazone groups is 1. The lowest BCUT2D eigenvalue weighted by molar-refractivity contribution is -0.136. The van der Waals surface area contributed by atoms with Crippen LogP contribution in [0, 0.1) is 13.8 Å².